The molecule has 0 fully saturated rings. The molecular formula is C18H21F2N5O2. The molecule has 0 saturated carbocycles. The van der Waals surface area contributed by atoms with E-state index in [1.807, 2.05) is 32.5 Å². The molecule has 0 aromatic carbocycles. The molecule has 0 spiro atoms. The molecule has 9 heteroatoms. The predicted octanol–water partition coefficient (Wildman–Crippen LogP) is 3.47. The van der Waals surface area contributed by atoms with Gasteiger partial charge in [0.25, 0.3) is 6.43 Å². The van der Waals surface area contributed by atoms with Crippen LogP contribution in [0.3, 0.4) is 0 Å². The van der Waals surface area contributed by atoms with Gasteiger partial charge in [-0.1, -0.05) is 12.1 Å². The summed E-state index contributed by atoms with van der Waals surface area (Å²) >= 11 is 0. The van der Waals surface area contributed by atoms with Gasteiger partial charge in [0.05, 0.1) is 11.3 Å². The van der Waals surface area contributed by atoms with Gasteiger partial charge < -0.3 is 9.26 Å². The van der Waals surface area contributed by atoms with Crippen molar-refractivity contribution in [3.05, 3.63) is 41.2 Å². The van der Waals surface area contributed by atoms with Crippen LogP contribution in [0.2, 0.25) is 0 Å². The fourth-order valence-electron chi connectivity index (χ4n) is 2.87. The molecule has 0 N–H and O–H groups in total. The molecule has 0 aliphatic carbocycles. The van der Waals surface area contributed by atoms with Crippen molar-refractivity contribution in [1.29, 1.82) is 0 Å². The van der Waals surface area contributed by atoms with E-state index in [-0.39, 0.29) is 17.6 Å². The Morgan fingerprint density at radius 2 is 2.07 bits per heavy atom. The van der Waals surface area contributed by atoms with Crippen LogP contribution in [-0.2, 0) is 13.5 Å². The highest BCUT2D eigenvalue weighted by atomic mass is 19.3. The van der Waals surface area contributed by atoms with Crippen molar-refractivity contribution in [2.45, 2.75) is 39.5 Å². The van der Waals surface area contributed by atoms with Gasteiger partial charge in [-0.05, 0) is 38.0 Å². The summed E-state index contributed by atoms with van der Waals surface area (Å²) in [5.41, 5.74) is 3.62. The molecule has 3 heterocycles. The molecule has 27 heavy (non-hydrogen) atoms. The molecule has 3 aromatic heterocycles. The van der Waals surface area contributed by atoms with E-state index in [1.165, 1.54) is 6.20 Å². The van der Waals surface area contributed by atoms with E-state index in [0.717, 1.165) is 17.0 Å². The van der Waals surface area contributed by atoms with Crippen LogP contribution >= 0.6 is 0 Å². The highest BCUT2D eigenvalue weighted by molar-refractivity contribution is 5.60. The SMILES string of the molecule is Cc1nn(C)c(C)c1CC(C)c1nc(-c2cccnc2OCC(F)F)no1. The molecule has 0 bridgehead atoms. The second-order valence-corrected chi connectivity index (χ2v) is 6.39. The normalized spacial score (nSPS) is 12.6. The summed E-state index contributed by atoms with van der Waals surface area (Å²) in [6.45, 7) is 5.23. The van der Waals surface area contributed by atoms with E-state index >= 15 is 0 Å². The van der Waals surface area contributed by atoms with E-state index < -0.39 is 13.0 Å². The van der Waals surface area contributed by atoms with Gasteiger partial charge in [-0.3, -0.25) is 4.68 Å². The van der Waals surface area contributed by atoms with Crippen molar-refractivity contribution in [2.75, 3.05) is 6.61 Å². The van der Waals surface area contributed by atoms with Gasteiger partial charge >= 0.3 is 0 Å². The van der Waals surface area contributed by atoms with E-state index in [0.29, 0.717) is 17.9 Å². The van der Waals surface area contributed by atoms with Crippen LogP contribution < -0.4 is 4.74 Å². The second kappa shape index (κ2) is 7.81. The molecule has 7 nitrogen and oxygen atoms in total. The molecule has 144 valence electrons. The smallest absolute Gasteiger partial charge is 0.272 e. The van der Waals surface area contributed by atoms with Gasteiger partial charge in [0.15, 0.2) is 6.61 Å². The lowest BCUT2D eigenvalue weighted by atomic mass is 9.99. The molecule has 1 unspecified atom stereocenters. The number of aryl methyl sites for hydroxylation is 2. The van der Waals surface area contributed by atoms with Crippen LogP contribution in [0.25, 0.3) is 11.4 Å². The van der Waals surface area contributed by atoms with Crippen LogP contribution in [0.4, 0.5) is 8.78 Å². The van der Waals surface area contributed by atoms with Gasteiger partial charge in [-0.15, -0.1) is 0 Å². The minimum absolute atomic E-state index is 0.0325. The average molecular weight is 377 g/mol. The van der Waals surface area contributed by atoms with Crippen LogP contribution in [0.1, 0.15) is 35.7 Å². The number of aromatic nitrogens is 5. The summed E-state index contributed by atoms with van der Waals surface area (Å²) in [5.74, 6) is 0.733. The lowest BCUT2D eigenvalue weighted by Gasteiger charge is -2.07. The quantitative estimate of drug-likeness (QED) is 0.627. The summed E-state index contributed by atoms with van der Waals surface area (Å²) < 4.78 is 37.2. The van der Waals surface area contributed by atoms with Gasteiger partial charge in [-0.25, -0.2) is 13.8 Å². The maximum atomic E-state index is 12.4. The number of rotatable bonds is 7. The molecule has 0 aliphatic heterocycles. The first kappa shape index (κ1) is 18.9. The first-order valence-corrected chi connectivity index (χ1v) is 8.55. The van der Waals surface area contributed by atoms with E-state index in [1.54, 1.807) is 12.1 Å². The van der Waals surface area contributed by atoms with Crippen molar-refractivity contribution in [3.8, 4) is 17.3 Å². The number of pyridine rings is 1. The lowest BCUT2D eigenvalue weighted by Crippen LogP contribution is -2.08. The Bertz CT molecular complexity index is 922. The number of alkyl halides is 2. The number of hydrogen-bond donors (Lipinski definition) is 0. The summed E-state index contributed by atoms with van der Waals surface area (Å²) in [5, 5.41) is 8.39. The molecule has 0 amide bonds. The molecule has 0 radical (unpaired) electrons. The van der Waals surface area contributed by atoms with Crippen molar-refractivity contribution in [2.24, 2.45) is 7.05 Å². The molecule has 0 saturated heterocycles. The van der Waals surface area contributed by atoms with Gasteiger partial charge in [0, 0.05) is 24.9 Å². The zero-order chi connectivity index (χ0) is 19.6. The third kappa shape index (κ3) is 4.12. The highest BCUT2D eigenvalue weighted by Crippen LogP contribution is 2.28. The first-order chi connectivity index (χ1) is 12.9. The number of halogens is 2. The van der Waals surface area contributed by atoms with Crippen LogP contribution in [0.5, 0.6) is 5.88 Å². The average Bonchev–Trinajstić information content (AvgIpc) is 3.21. The molecule has 1 atom stereocenters. The standard InChI is InChI=1S/C18H21F2N5O2/c1-10(8-14-11(2)23-25(4)12(14)3)17-22-16(24-27-17)13-6-5-7-21-18(13)26-9-15(19)20/h5-7,10,15H,8-9H2,1-4H3. The Morgan fingerprint density at radius 1 is 1.30 bits per heavy atom. The third-order valence-corrected chi connectivity index (χ3v) is 4.39. The molecule has 3 aromatic rings. The maximum Gasteiger partial charge on any atom is 0.272 e. The minimum atomic E-state index is -2.59. The van der Waals surface area contributed by atoms with Crippen LogP contribution in [0, 0.1) is 13.8 Å². The summed E-state index contributed by atoms with van der Waals surface area (Å²) in [4.78, 5) is 8.40. The summed E-state index contributed by atoms with van der Waals surface area (Å²) in [7, 11) is 1.91. The number of nitrogens with zero attached hydrogens (tertiary/aromatic N) is 5. The van der Waals surface area contributed by atoms with Crippen molar-refractivity contribution >= 4 is 0 Å². The Hall–Kier alpha value is -2.84. The lowest BCUT2D eigenvalue weighted by molar-refractivity contribution is 0.0799. The number of ether oxygens (including phenoxy) is 1. The van der Waals surface area contributed by atoms with Crippen LogP contribution in [-0.4, -0.2) is 37.9 Å². The minimum Gasteiger partial charge on any atom is -0.471 e. The Kier molecular flexibility index (Phi) is 5.48. The number of hydrogen-bond acceptors (Lipinski definition) is 6. The zero-order valence-corrected chi connectivity index (χ0v) is 15.6. The van der Waals surface area contributed by atoms with Gasteiger partial charge in [0.2, 0.25) is 17.6 Å². The van der Waals surface area contributed by atoms with Crippen molar-refractivity contribution < 1.29 is 18.0 Å². The summed E-state index contributed by atoms with van der Waals surface area (Å²) in [6, 6.07) is 3.31. The fraction of sp³-hybridized carbons (Fsp3) is 0.444. The van der Waals surface area contributed by atoms with E-state index in [4.69, 9.17) is 9.26 Å². The fourth-order valence-corrected chi connectivity index (χ4v) is 2.87. The molecular weight excluding hydrogens is 356 g/mol. The van der Waals surface area contributed by atoms with E-state index in [9.17, 15) is 8.78 Å². The third-order valence-electron chi connectivity index (χ3n) is 4.39. The predicted molar refractivity (Wildman–Crippen MR) is 93.8 cm³/mol. The van der Waals surface area contributed by atoms with Crippen molar-refractivity contribution in [1.82, 2.24) is 24.9 Å². The largest absolute Gasteiger partial charge is 0.471 e. The Labute approximate surface area is 155 Å². The first-order valence-electron chi connectivity index (χ1n) is 8.55. The van der Waals surface area contributed by atoms with Gasteiger partial charge in [-0.2, -0.15) is 10.1 Å². The monoisotopic (exact) mass is 377 g/mol. The summed E-state index contributed by atoms with van der Waals surface area (Å²) in [6.07, 6.45) is -0.428. The second-order valence-electron chi connectivity index (χ2n) is 6.39. The zero-order valence-electron chi connectivity index (χ0n) is 15.6. The topological polar surface area (TPSA) is 78.9 Å². The maximum absolute atomic E-state index is 12.4. The van der Waals surface area contributed by atoms with Gasteiger partial charge in [0.1, 0.15) is 0 Å². The van der Waals surface area contributed by atoms with E-state index in [2.05, 4.69) is 20.2 Å². The Morgan fingerprint density at radius 3 is 2.74 bits per heavy atom. The van der Waals surface area contributed by atoms with Crippen molar-refractivity contribution in [3.63, 3.8) is 0 Å². The molecule has 3 rings (SSSR count). The van der Waals surface area contributed by atoms with Crippen LogP contribution in [0.15, 0.2) is 22.9 Å². The highest BCUT2D eigenvalue weighted by Gasteiger charge is 2.21. The Balaban J connectivity index is 1.80. The molecule has 0 aliphatic rings.